The number of halogens is 1. The number of nitrogens with one attached hydrogen (secondary N) is 1. The molecule has 0 radical (unpaired) electrons. The number of amides is 1. The molecular weight excluding hydrogens is 364 g/mol. The highest BCUT2D eigenvalue weighted by Crippen LogP contribution is 2.31. The lowest BCUT2D eigenvalue weighted by Gasteiger charge is -2.29. The Hall–Kier alpha value is -1.31. The summed E-state index contributed by atoms with van der Waals surface area (Å²) in [6.45, 7) is 4.15. The Morgan fingerprint density at radius 1 is 1.40 bits per heavy atom. The number of hydrogen-bond donors (Lipinski definition) is 2. The van der Waals surface area contributed by atoms with Crippen molar-refractivity contribution in [2.24, 2.45) is 5.92 Å². The predicted octanol–water partition coefficient (Wildman–Crippen LogP) is 2.41. The minimum Gasteiger partial charge on any atom is -0.394 e. The van der Waals surface area contributed by atoms with Crippen LogP contribution in [0.25, 0.3) is 0 Å². The maximum absolute atomic E-state index is 12.5. The van der Waals surface area contributed by atoms with Crippen molar-refractivity contribution in [3.63, 3.8) is 0 Å². The molecule has 0 unspecified atom stereocenters. The number of carbonyl (C=O) groups excluding carboxylic acids is 1. The van der Waals surface area contributed by atoms with Gasteiger partial charge in [-0.25, -0.2) is 8.42 Å². The standard InChI is InChI=1S/C17H25ClN2O4S/c1-3-12(2)15(11-21)19-17(22)13-6-7-14(18)16(10-13)20-8-4-5-9-25(20,23)24/h6-7,10,12,15,21H,3-5,8-9,11H2,1-2H3,(H,19,22)/t12-,15-/m1/s1. The number of hydrogen-bond acceptors (Lipinski definition) is 4. The minimum absolute atomic E-state index is 0.0837. The number of sulfonamides is 1. The smallest absolute Gasteiger partial charge is 0.251 e. The number of benzene rings is 1. The van der Waals surface area contributed by atoms with E-state index in [1.54, 1.807) is 6.07 Å². The first-order chi connectivity index (χ1) is 11.8. The molecular formula is C17H25ClN2O4S. The second-order valence-electron chi connectivity index (χ2n) is 6.41. The first kappa shape index (κ1) is 20.0. The molecule has 0 spiro atoms. The molecule has 1 aromatic rings. The molecule has 1 heterocycles. The van der Waals surface area contributed by atoms with Gasteiger partial charge in [0.15, 0.2) is 0 Å². The average Bonchev–Trinajstić information content (AvgIpc) is 2.59. The van der Waals surface area contributed by atoms with Crippen LogP contribution < -0.4 is 9.62 Å². The minimum atomic E-state index is -3.41. The van der Waals surface area contributed by atoms with Crippen molar-refractivity contribution < 1.29 is 18.3 Å². The first-order valence-corrected chi connectivity index (χ1v) is 10.5. The van der Waals surface area contributed by atoms with Gasteiger partial charge in [-0.15, -0.1) is 0 Å². The largest absolute Gasteiger partial charge is 0.394 e. The van der Waals surface area contributed by atoms with Crippen molar-refractivity contribution in [1.82, 2.24) is 5.32 Å². The first-order valence-electron chi connectivity index (χ1n) is 8.51. The fourth-order valence-electron chi connectivity index (χ4n) is 2.81. The summed E-state index contributed by atoms with van der Waals surface area (Å²) in [5, 5.41) is 12.6. The van der Waals surface area contributed by atoms with Crippen LogP contribution in [0.5, 0.6) is 0 Å². The molecule has 25 heavy (non-hydrogen) atoms. The van der Waals surface area contributed by atoms with Gasteiger partial charge in [-0.3, -0.25) is 9.10 Å². The van der Waals surface area contributed by atoms with Crippen molar-refractivity contribution in [3.8, 4) is 0 Å². The molecule has 140 valence electrons. The Bertz CT molecular complexity index is 723. The second-order valence-corrected chi connectivity index (χ2v) is 8.83. The molecule has 0 aliphatic carbocycles. The zero-order chi connectivity index (χ0) is 18.6. The zero-order valence-electron chi connectivity index (χ0n) is 14.5. The van der Waals surface area contributed by atoms with Crippen LogP contribution in [-0.2, 0) is 10.0 Å². The average molecular weight is 389 g/mol. The van der Waals surface area contributed by atoms with Gasteiger partial charge in [0.1, 0.15) is 0 Å². The van der Waals surface area contributed by atoms with Crippen LogP contribution in [0.1, 0.15) is 43.5 Å². The summed E-state index contributed by atoms with van der Waals surface area (Å²) in [6.07, 6.45) is 2.21. The molecule has 2 rings (SSSR count). The summed E-state index contributed by atoms with van der Waals surface area (Å²) in [6, 6.07) is 4.25. The lowest BCUT2D eigenvalue weighted by atomic mass is 9.99. The van der Waals surface area contributed by atoms with Crippen molar-refractivity contribution >= 4 is 33.2 Å². The van der Waals surface area contributed by atoms with Crippen LogP contribution in [0.2, 0.25) is 5.02 Å². The van der Waals surface area contributed by atoms with Crippen LogP contribution >= 0.6 is 11.6 Å². The van der Waals surface area contributed by atoms with Crippen molar-refractivity contribution in [3.05, 3.63) is 28.8 Å². The van der Waals surface area contributed by atoms with E-state index in [1.165, 1.54) is 16.4 Å². The van der Waals surface area contributed by atoms with Crippen molar-refractivity contribution in [1.29, 1.82) is 0 Å². The summed E-state index contributed by atoms with van der Waals surface area (Å²) >= 11 is 6.19. The van der Waals surface area contributed by atoms with E-state index in [9.17, 15) is 18.3 Å². The van der Waals surface area contributed by atoms with Gasteiger partial charge >= 0.3 is 0 Å². The van der Waals surface area contributed by atoms with E-state index in [4.69, 9.17) is 11.6 Å². The van der Waals surface area contributed by atoms with E-state index in [0.29, 0.717) is 29.2 Å². The van der Waals surface area contributed by atoms with Gasteiger partial charge in [0, 0.05) is 12.1 Å². The quantitative estimate of drug-likeness (QED) is 0.783. The molecule has 1 aromatic carbocycles. The zero-order valence-corrected chi connectivity index (χ0v) is 16.1. The lowest BCUT2D eigenvalue weighted by Crippen LogP contribution is -2.42. The molecule has 2 N–H and O–H groups in total. The molecule has 1 saturated heterocycles. The van der Waals surface area contributed by atoms with E-state index in [1.807, 2.05) is 13.8 Å². The van der Waals surface area contributed by atoms with Gasteiger partial charge in [0.2, 0.25) is 10.0 Å². The van der Waals surface area contributed by atoms with E-state index in [2.05, 4.69) is 5.32 Å². The van der Waals surface area contributed by atoms with Gasteiger partial charge in [0.25, 0.3) is 5.91 Å². The van der Waals surface area contributed by atoms with Crippen LogP contribution in [0, 0.1) is 5.92 Å². The number of nitrogens with zero attached hydrogens (tertiary/aromatic N) is 1. The Balaban J connectivity index is 2.27. The number of aliphatic hydroxyl groups excluding tert-OH is 1. The number of carbonyl (C=O) groups is 1. The topological polar surface area (TPSA) is 86.7 Å². The summed E-state index contributed by atoms with van der Waals surface area (Å²) in [7, 11) is -3.41. The fourth-order valence-corrected chi connectivity index (χ4v) is 4.73. The Morgan fingerprint density at radius 2 is 2.12 bits per heavy atom. The van der Waals surface area contributed by atoms with E-state index >= 15 is 0 Å². The fraction of sp³-hybridized carbons (Fsp3) is 0.588. The molecule has 6 nitrogen and oxygen atoms in total. The maximum Gasteiger partial charge on any atom is 0.251 e. The Labute approximate surface area is 154 Å². The second kappa shape index (κ2) is 8.38. The molecule has 1 amide bonds. The number of aliphatic hydroxyl groups is 1. The Morgan fingerprint density at radius 3 is 2.72 bits per heavy atom. The van der Waals surface area contributed by atoms with Gasteiger partial charge in [-0.1, -0.05) is 31.9 Å². The van der Waals surface area contributed by atoms with E-state index in [0.717, 1.165) is 12.8 Å². The highest BCUT2D eigenvalue weighted by Gasteiger charge is 2.28. The summed E-state index contributed by atoms with van der Waals surface area (Å²) in [5.74, 6) is -0.143. The van der Waals surface area contributed by atoms with Crippen molar-refractivity contribution in [2.45, 2.75) is 39.2 Å². The van der Waals surface area contributed by atoms with E-state index in [-0.39, 0.29) is 30.2 Å². The molecule has 0 bridgehead atoms. The van der Waals surface area contributed by atoms with Crippen LogP contribution in [0.3, 0.4) is 0 Å². The lowest BCUT2D eigenvalue weighted by molar-refractivity contribution is 0.0891. The molecule has 1 aliphatic heterocycles. The monoisotopic (exact) mass is 388 g/mol. The van der Waals surface area contributed by atoms with Gasteiger partial charge in [-0.2, -0.15) is 0 Å². The highest BCUT2D eigenvalue weighted by molar-refractivity contribution is 7.92. The summed E-state index contributed by atoms with van der Waals surface area (Å²) < 4.78 is 25.9. The van der Waals surface area contributed by atoms with Gasteiger partial charge in [0.05, 0.1) is 29.1 Å². The summed E-state index contributed by atoms with van der Waals surface area (Å²) in [5.41, 5.74) is 0.653. The van der Waals surface area contributed by atoms with Crippen LogP contribution in [0.15, 0.2) is 18.2 Å². The highest BCUT2D eigenvalue weighted by atomic mass is 35.5. The van der Waals surface area contributed by atoms with Crippen molar-refractivity contribution in [2.75, 3.05) is 23.2 Å². The van der Waals surface area contributed by atoms with Crippen LogP contribution in [0.4, 0.5) is 5.69 Å². The van der Waals surface area contributed by atoms with Crippen LogP contribution in [-0.4, -0.2) is 44.4 Å². The molecule has 1 aliphatic rings. The molecule has 1 fully saturated rings. The number of anilines is 1. The summed E-state index contributed by atoms with van der Waals surface area (Å²) in [4.78, 5) is 12.5. The predicted molar refractivity (Wildman–Crippen MR) is 99.6 cm³/mol. The van der Waals surface area contributed by atoms with Gasteiger partial charge in [-0.05, 0) is 37.0 Å². The molecule has 8 heteroatoms. The Kier molecular flexibility index (Phi) is 6.71. The molecule has 2 atom stereocenters. The van der Waals surface area contributed by atoms with E-state index < -0.39 is 10.0 Å². The third kappa shape index (κ3) is 4.65. The molecule has 0 aromatic heterocycles. The van der Waals surface area contributed by atoms with Gasteiger partial charge < -0.3 is 10.4 Å². The third-order valence-corrected chi connectivity index (χ3v) is 6.85. The maximum atomic E-state index is 12.5. The molecule has 0 saturated carbocycles. The third-order valence-electron chi connectivity index (χ3n) is 4.67. The normalized spacial score (nSPS) is 19.3. The number of rotatable bonds is 6. The SMILES string of the molecule is CC[C@@H](C)[C@@H](CO)NC(=O)c1ccc(Cl)c(N2CCCCS2(=O)=O)c1.